The van der Waals surface area contributed by atoms with Crippen molar-refractivity contribution >= 4 is 16.6 Å². The number of piperazine rings is 1. The SMILES string of the molecule is CCN1CCN(Cc2nc3ccc([N+](=O)[O-])cc3c(=O)n2-c2ccc(F)cc2)CC1. The van der Waals surface area contributed by atoms with Crippen molar-refractivity contribution < 1.29 is 9.31 Å². The number of hydrogen-bond donors (Lipinski definition) is 0. The van der Waals surface area contributed by atoms with Crippen LogP contribution in [0.4, 0.5) is 10.1 Å². The molecule has 3 aromatic rings. The predicted molar refractivity (Wildman–Crippen MR) is 111 cm³/mol. The third kappa shape index (κ3) is 3.94. The Bertz CT molecular complexity index is 1140. The molecule has 156 valence electrons. The first-order valence-electron chi connectivity index (χ1n) is 9.87. The van der Waals surface area contributed by atoms with Crippen LogP contribution < -0.4 is 5.56 Å². The van der Waals surface area contributed by atoms with Crippen LogP contribution in [0, 0.1) is 15.9 Å². The van der Waals surface area contributed by atoms with Crippen molar-refractivity contribution in [1.82, 2.24) is 19.4 Å². The lowest BCUT2D eigenvalue weighted by Crippen LogP contribution is -2.46. The van der Waals surface area contributed by atoms with Gasteiger partial charge >= 0.3 is 0 Å². The second kappa shape index (κ2) is 8.29. The van der Waals surface area contributed by atoms with E-state index in [1.165, 1.54) is 47.0 Å². The quantitative estimate of drug-likeness (QED) is 0.474. The van der Waals surface area contributed by atoms with Crippen molar-refractivity contribution in [2.45, 2.75) is 13.5 Å². The number of fused-ring (bicyclic) bond motifs is 1. The summed E-state index contributed by atoms with van der Waals surface area (Å²) < 4.78 is 14.9. The van der Waals surface area contributed by atoms with Crippen molar-refractivity contribution in [2.75, 3.05) is 32.7 Å². The number of non-ortho nitro benzene ring substituents is 1. The summed E-state index contributed by atoms with van der Waals surface area (Å²) in [4.78, 5) is 33.2. The first kappa shape index (κ1) is 20.1. The highest BCUT2D eigenvalue weighted by atomic mass is 19.1. The maximum atomic E-state index is 13.5. The first-order valence-corrected chi connectivity index (χ1v) is 9.87. The Kier molecular flexibility index (Phi) is 5.56. The third-order valence-electron chi connectivity index (χ3n) is 5.49. The summed E-state index contributed by atoms with van der Waals surface area (Å²) in [7, 11) is 0. The summed E-state index contributed by atoms with van der Waals surface area (Å²) >= 11 is 0. The van der Waals surface area contributed by atoms with E-state index in [9.17, 15) is 19.3 Å². The standard InChI is InChI=1S/C21H22FN5O3/c1-2-24-9-11-25(12-10-24)14-20-23-19-8-7-17(27(29)30)13-18(19)21(28)26(20)16-5-3-15(22)4-6-16/h3-8,13H,2,9-12,14H2,1H3. The Morgan fingerprint density at radius 1 is 1.07 bits per heavy atom. The van der Waals surface area contributed by atoms with Crippen molar-refractivity contribution in [1.29, 1.82) is 0 Å². The van der Waals surface area contributed by atoms with Gasteiger partial charge in [-0.2, -0.15) is 0 Å². The second-order valence-corrected chi connectivity index (χ2v) is 7.31. The molecule has 0 amide bonds. The summed E-state index contributed by atoms with van der Waals surface area (Å²) in [6.45, 7) is 7.18. The van der Waals surface area contributed by atoms with Gasteiger partial charge in [0.2, 0.25) is 0 Å². The monoisotopic (exact) mass is 411 g/mol. The van der Waals surface area contributed by atoms with E-state index in [1.807, 2.05) is 0 Å². The lowest BCUT2D eigenvalue weighted by atomic mass is 10.2. The molecule has 9 heteroatoms. The van der Waals surface area contributed by atoms with Crippen LogP contribution in [0.5, 0.6) is 0 Å². The highest BCUT2D eigenvalue weighted by Crippen LogP contribution is 2.20. The lowest BCUT2D eigenvalue weighted by molar-refractivity contribution is -0.384. The molecule has 1 aromatic heterocycles. The van der Waals surface area contributed by atoms with Gasteiger partial charge in [0.05, 0.1) is 28.1 Å². The van der Waals surface area contributed by atoms with E-state index < -0.39 is 16.3 Å². The number of aromatic nitrogens is 2. The van der Waals surface area contributed by atoms with Crippen LogP contribution in [-0.2, 0) is 6.54 Å². The van der Waals surface area contributed by atoms with E-state index in [0.29, 0.717) is 23.6 Å². The molecule has 0 unspecified atom stereocenters. The molecule has 0 spiro atoms. The maximum absolute atomic E-state index is 13.5. The maximum Gasteiger partial charge on any atom is 0.270 e. The van der Waals surface area contributed by atoms with Gasteiger partial charge in [-0.3, -0.25) is 24.4 Å². The smallest absolute Gasteiger partial charge is 0.270 e. The molecule has 2 aromatic carbocycles. The Labute approximate surface area is 172 Å². The predicted octanol–water partition coefficient (Wildman–Crippen LogP) is 2.57. The fraction of sp³-hybridized carbons (Fsp3) is 0.333. The molecule has 30 heavy (non-hydrogen) atoms. The molecular weight excluding hydrogens is 389 g/mol. The normalized spacial score (nSPS) is 15.5. The number of hydrogen-bond acceptors (Lipinski definition) is 6. The average Bonchev–Trinajstić information content (AvgIpc) is 2.75. The van der Waals surface area contributed by atoms with Gasteiger partial charge in [-0.1, -0.05) is 6.92 Å². The Morgan fingerprint density at radius 3 is 2.37 bits per heavy atom. The summed E-state index contributed by atoms with van der Waals surface area (Å²) in [6, 6.07) is 9.68. The van der Waals surface area contributed by atoms with Gasteiger partial charge in [0, 0.05) is 38.3 Å². The number of nitro groups is 1. The van der Waals surface area contributed by atoms with E-state index in [4.69, 9.17) is 0 Å². The first-order chi connectivity index (χ1) is 14.5. The number of likely N-dealkylation sites (N-methyl/N-ethyl adjacent to an activating group) is 1. The van der Waals surface area contributed by atoms with Gasteiger partial charge < -0.3 is 4.90 Å². The van der Waals surface area contributed by atoms with Gasteiger partial charge in [-0.25, -0.2) is 9.37 Å². The number of nitro benzene ring substituents is 1. The molecule has 0 saturated carbocycles. The molecule has 0 radical (unpaired) electrons. The van der Waals surface area contributed by atoms with E-state index in [-0.39, 0.29) is 11.1 Å². The van der Waals surface area contributed by atoms with E-state index in [0.717, 1.165) is 32.7 Å². The molecule has 0 bridgehead atoms. The van der Waals surface area contributed by atoms with Crippen LogP contribution in [0.15, 0.2) is 47.3 Å². The van der Waals surface area contributed by atoms with Crippen LogP contribution in [0.1, 0.15) is 12.7 Å². The molecule has 0 atom stereocenters. The Balaban J connectivity index is 1.82. The van der Waals surface area contributed by atoms with E-state index in [2.05, 4.69) is 21.7 Å². The summed E-state index contributed by atoms with van der Waals surface area (Å²) in [5, 5.41) is 11.3. The van der Waals surface area contributed by atoms with Crippen molar-refractivity contribution in [3.8, 4) is 5.69 Å². The van der Waals surface area contributed by atoms with Gasteiger partial charge in [0.15, 0.2) is 0 Å². The minimum Gasteiger partial charge on any atom is -0.301 e. The number of halogens is 1. The summed E-state index contributed by atoms with van der Waals surface area (Å²) in [5.74, 6) is 0.117. The minimum atomic E-state index is -0.539. The lowest BCUT2D eigenvalue weighted by Gasteiger charge is -2.34. The van der Waals surface area contributed by atoms with Crippen molar-refractivity contribution in [2.24, 2.45) is 0 Å². The molecule has 1 saturated heterocycles. The fourth-order valence-corrected chi connectivity index (χ4v) is 3.76. The molecule has 2 heterocycles. The second-order valence-electron chi connectivity index (χ2n) is 7.31. The molecule has 1 aliphatic heterocycles. The molecule has 0 aliphatic carbocycles. The van der Waals surface area contributed by atoms with Gasteiger partial charge in [-0.05, 0) is 36.9 Å². The van der Waals surface area contributed by atoms with Crippen LogP contribution in [0.3, 0.4) is 0 Å². The van der Waals surface area contributed by atoms with Crippen molar-refractivity contribution in [3.05, 3.63) is 74.6 Å². The summed E-state index contributed by atoms with van der Waals surface area (Å²) in [5.41, 5.74) is 0.309. The fourth-order valence-electron chi connectivity index (χ4n) is 3.76. The Morgan fingerprint density at radius 2 is 1.73 bits per heavy atom. The zero-order valence-corrected chi connectivity index (χ0v) is 16.6. The molecule has 0 N–H and O–H groups in total. The topological polar surface area (TPSA) is 84.5 Å². The molecule has 1 fully saturated rings. The van der Waals surface area contributed by atoms with Crippen LogP contribution in [0.2, 0.25) is 0 Å². The molecular formula is C21H22FN5O3. The van der Waals surface area contributed by atoms with Crippen LogP contribution >= 0.6 is 0 Å². The number of rotatable bonds is 5. The van der Waals surface area contributed by atoms with Crippen LogP contribution in [-0.4, -0.2) is 57.0 Å². The number of benzene rings is 2. The van der Waals surface area contributed by atoms with Crippen molar-refractivity contribution in [3.63, 3.8) is 0 Å². The van der Waals surface area contributed by atoms with Gasteiger partial charge in [0.1, 0.15) is 11.6 Å². The van der Waals surface area contributed by atoms with Crippen LogP contribution in [0.25, 0.3) is 16.6 Å². The largest absolute Gasteiger partial charge is 0.301 e. The van der Waals surface area contributed by atoms with Gasteiger partial charge in [0.25, 0.3) is 11.2 Å². The molecule has 4 rings (SSSR count). The average molecular weight is 411 g/mol. The number of nitrogens with zero attached hydrogens (tertiary/aromatic N) is 5. The van der Waals surface area contributed by atoms with E-state index >= 15 is 0 Å². The molecule has 1 aliphatic rings. The zero-order chi connectivity index (χ0) is 21.3. The molecule has 8 nitrogen and oxygen atoms in total. The van der Waals surface area contributed by atoms with Gasteiger partial charge in [-0.15, -0.1) is 0 Å². The highest BCUT2D eigenvalue weighted by molar-refractivity contribution is 5.80. The Hall–Kier alpha value is -3.17. The summed E-state index contributed by atoms with van der Waals surface area (Å²) in [6.07, 6.45) is 0. The van der Waals surface area contributed by atoms with E-state index in [1.54, 1.807) is 0 Å². The third-order valence-corrected chi connectivity index (χ3v) is 5.49. The minimum absolute atomic E-state index is 0.160. The zero-order valence-electron chi connectivity index (χ0n) is 16.6. The highest BCUT2D eigenvalue weighted by Gasteiger charge is 2.21.